The average Bonchev–Trinajstić information content (AvgIpc) is 3.15. The fourth-order valence-corrected chi connectivity index (χ4v) is 3.87. The van der Waals surface area contributed by atoms with Crippen molar-refractivity contribution in [3.63, 3.8) is 0 Å². The molecule has 0 radical (unpaired) electrons. The van der Waals surface area contributed by atoms with Crippen molar-refractivity contribution in [3.8, 4) is 17.1 Å². The number of imidazole rings is 1. The lowest BCUT2D eigenvalue weighted by molar-refractivity contribution is -0.122. The van der Waals surface area contributed by atoms with Gasteiger partial charge in [-0.05, 0) is 84.6 Å². The molecule has 1 aliphatic heterocycles. The van der Waals surface area contributed by atoms with Gasteiger partial charge in [-0.15, -0.1) is 0 Å². The normalized spacial score (nSPS) is 14.2. The van der Waals surface area contributed by atoms with Crippen LogP contribution in [0.3, 0.4) is 0 Å². The molecule has 1 aromatic heterocycles. The largest absolute Gasteiger partial charge is 0.480 e. The van der Waals surface area contributed by atoms with Crippen molar-refractivity contribution in [3.05, 3.63) is 64.6 Å². The second-order valence-electron chi connectivity index (χ2n) is 7.08. The van der Waals surface area contributed by atoms with Crippen molar-refractivity contribution in [2.24, 2.45) is 0 Å². The van der Waals surface area contributed by atoms with E-state index < -0.39 is 6.10 Å². The standard InChI is InChI=1S/C22H21BrFN3O2/c1-14(29-20-10-7-16(24)12-19(20)23)22(28)26-17-8-5-15(6-9-17)21-25-13-18-4-2-3-11-27(18)21/h5-10,12-14H,2-4,11H2,1H3,(H,26,28). The van der Waals surface area contributed by atoms with E-state index in [4.69, 9.17) is 4.74 Å². The van der Waals surface area contributed by atoms with Crippen LogP contribution >= 0.6 is 15.9 Å². The molecule has 7 heteroatoms. The monoisotopic (exact) mass is 457 g/mol. The number of nitrogens with zero attached hydrogens (tertiary/aromatic N) is 2. The summed E-state index contributed by atoms with van der Waals surface area (Å²) in [5, 5.41) is 2.85. The van der Waals surface area contributed by atoms with Gasteiger partial charge in [0.15, 0.2) is 6.10 Å². The molecule has 1 aliphatic rings. The molecule has 0 fully saturated rings. The van der Waals surface area contributed by atoms with E-state index in [-0.39, 0.29) is 11.7 Å². The molecule has 1 N–H and O–H groups in total. The third-order valence-corrected chi connectivity index (χ3v) is 5.60. The number of hydrogen-bond acceptors (Lipinski definition) is 3. The van der Waals surface area contributed by atoms with Gasteiger partial charge in [0, 0.05) is 29.7 Å². The molecule has 0 bridgehead atoms. The predicted octanol–water partition coefficient (Wildman–Crippen LogP) is 5.19. The number of aryl methyl sites for hydroxylation is 1. The minimum atomic E-state index is -0.740. The van der Waals surface area contributed by atoms with Gasteiger partial charge in [0.2, 0.25) is 0 Å². The SMILES string of the molecule is CC(Oc1ccc(F)cc1Br)C(=O)Nc1ccc(-c2ncc3n2CCCC3)cc1. The predicted molar refractivity (Wildman–Crippen MR) is 113 cm³/mol. The number of aromatic nitrogens is 2. The number of fused-ring (bicyclic) bond motifs is 1. The summed E-state index contributed by atoms with van der Waals surface area (Å²) in [6, 6.07) is 11.7. The fraction of sp³-hybridized carbons (Fsp3) is 0.273. The Morgan fingerprint density at radius 3 is 2.79 bits per heavy atom. The number of hydrogen-bond donors (Lipinski definition) is 1. The maximum Gasteiger partial charge on any atom is 0.265 e. The van der Waals surface area contributed by atoms with E-state index in [9.17, 15) is 9.18 Å². The number of halogens is 2. The summed E-state index contributed by atoms with van der Waals surface area (Å²) in [4.78, 5) is 17.0. The van der Waals surface area contributed by atoms with Crippen molar-refractivity contribution in [2.75, 3.05) is 5.32 Å². The van der Waals surface area contributed by atoms with Crippen molar-refractivity contribution in [2.45, 2.75) is 38.8 Å². The average molecular weight is 458 g/mol. The van der Waals surface area contributed by atoms with Gasteiger partial charge in [-0.3, -0.25) is 4.79 Å². The molecule has 2 heterocycles. The highest BCUT2D eigenvalue weighted by atomic mass is 79.9. The van der Waals surface area contributed by atoms with E-state index >= 15 is 0 Å². The third kappa shape index (κ3) is 4.34. The first-order chi connectivity index (χ1) is 14.0. The van der Waals surface area contributed by atoms with Gasteiger partial charge >= 0.3 is 0 Å². The summed E-state index contributed by atoms with van der Waals surface area (Å²) < 4.78 is 21.6. The molecule has 0 saturated carbocycles. The summed E-state index contributed by atoms with van der Waals surface area (Å²) in [5.41, 5.74) is 2.98. The van der Waals surface area contributed by atoms with Crippen molar-refractivity contribution >= 4 is 27.5 Å². The minimum absolute atomic E-state index is 0.285. The Bertz CT molecular complexity index is 1030. The zero-order valence-corrected chi connectivity index (χ0v) is 17.6. The molecule has 4 rings (SSSR count). The molecule has 150 valence electrons. The Labute approximate surface area is 177 Å². The van der Waals surface area contributed by atoms with Crippen LogP contribution in [0.4, 0.5) is 10.1 Å². The van der Waals surface area contributed by atoms with Gasteiger partial charge < -0.3 is 14.6 Å². The number of anilines is 1. The molecule has 2 aromatic carbocycles. The first kappa shape index (κ1) is 19.6. The van der Waals surface area contributed by atoms with Crippen molar-refractivity contribution in [1.29, 1.82) is 0 Å². The van der Waals surface area contributed by atoms with Gasteiger partial charge in [0.1, 0.15) is 17.4 Å². The van der Waals surface area contributed by atoms with Crippen LogP contribution in [0.15, 0.2) is 53.1 Å². The number of ether oxygens (including phenoxy) is 1. The van der Waals surface area contributed by atoms with Crippen molar-refractivity contribution < 1.29 is 13.9 Å². The second kappa shape index (κ2) is 8.37. The summed E-state index contributed by atoms with van der Waals surface area (Å²) >= 11 is 3.24. The lowest BCUT2D eigenvalue weighted by atomic mass is 10.1. The van der Waals surface area contributed by atoms with Gasteiger partial charge in [0.25, 0.3) is 5.91 Å². The molecule has 0 saturated heterocycles. The molecular formula is C22H21BrFN3O2. The number of rotatable bonds is 5. The zero-order chi connectivity index (χ0) is 20.4. The van der Waals surface area contributed by atoms with Crippen LogP contribution in [0.1, 0.15) is 25.5 Å². The quantitative estimate of drug-likeness (QED) is 0.573. The second-order valence-corrected chi connectivity index (χ2v) is 7.94. The molecule has 0 aliphatic carbocycles. The lowest BCUT2D eigenvalue weighted by Crippen LogP contribution is -2.30. The maximum absolute atomic E-state index is 13.2. The number of amides is 1. The molecule has 5 nitrogen and oxygen atoms in total. The first-order valence-electron chi connectivity index (χ1n) is 9.58. The Hall–Kier alpha value is -2.67. The fourth-order valence-electron chi connectivity index (χ4n) is 3.43. The number of nitrogens with one attached hydrogen (secondary N) is 1. The highest BCUT2D eigenvalue weighted by molar-refractivity contribution is 9.10. The van der Waals surface area contributed by atoms with Crippen LogP contribution in [0.2, 0.25) is 0 Å². The van der Waals surface area contributed by atoms with E-state index in [0.29, 0.717) is 15.9 Å². The van der Waals surface area contributed by atoms with Gasteiger partial charge in [-0.25, -0.2) is 9.37 Å². The molecule has 3 aromatic rings. The molecule has 0 spiro atoms. The molecule has 1 amide bonds. The Morgan fingerprint density at radius 1 is 1.24 bits per heavy atom. The smallest absolute Gasteiger partial charge is 0.265 e. The summed E-state index contributed by atoms with van der Waals surface area (Å²) in [7, 11) is 0. The van der Waals surface area contributed by atoms with E-state index in [1.807, 2.05) is 30.5 Å². The first-order valence-corrected chi connectivity index (χ1v) is 10.4. The summed E-state index contributed by atoms with van der Waals surface area (Å²) in [6.07, 6.45) is 4.67. The topological polar surface area (TPSA) is 56.1 Å². The Kier molecular flexibility index (Phi) is 5.67. The van der Waals surface area contributed by atoms with Crippen LogP contribution in [0, 0.1) is 5.82 Å². The Morgan fingerprint density at radius 2 is 2.03 bits per heavy atom. The van der Waals surface area contributed by atoms with E-state index in [2.05, 4.69) is 30.8 Å². The van der Waals surface area contributed by atoms with Gasteiger partial charge in [-0.2, -0.15) is 0 Å². The highest BCUT2D eigenvalue weighted by Gasteiger charge is 2.18. The van der Waals surface area contributed by atoms with E-state index in [0.717, 1.165) is 24.4 Å². The van der Waals surface area contributed by atoms with Crippen LogP contribution in [0.25, 0.3) is 11.4 Å². The van der Waals surface area contributed by atoms with Crippen LogP contribution in [-0.2, 0) is 17.8 Å². The number of benzene rings is 2. The maximum atomic E-state index is 13.2. The third-order valence-electron chi connectivity index (χ3n) is 4.98. The van der Waals surface area contributed by atoms with E-state index in [1.165, 1.54) is 36.7 Å². The highest BCUT2D eigenvalue weighted by Crippen LogP contribution is 2.27. The van der Waals surface area contributed by atoms with Gasteiger partial charge in [0.05, 0.1) is 4.47 Å². The molecule has 29 heavy (non-hydrogen) atoms. The number of carbonyl (C=O) groups excluding carboxylic acids is 1. The Balaban J connectivity index is 1.42. The van der Waals surface area contributed by atoms with Crippen LogP contribution in [0.5, 0.6) is 5.75 Å². The molecular weight excluding hydrogens is 437 g/mol. The minimum Gasteiger partial charge on any atom is -0.480 e. The van der Waals surface area contributed by atoms with Crippen molar-refractivity contribution in [1.82, 2.24) is 9.55 Å². The van der Waals surface area contributed by atoms with E-state index in [1.54, 1.807) is 6.92 Å². The molecule has 1 unspecified atom stereocenters. The number of carbonyl (C=O) groups is 1. The summed E-state index contributed by atoms with van der Waals surface area (Å²) in [6.45, 7) is 2.65. The van der Waals surface area contributed by atoms with Crippen LogP contribution < -0.4 is 10.1 Å². The lowest BCUT2D eigenvalue weighted by Gasteiger charge is -2.17. The zero-order valence-electron chi connectivity index (χ0n) is 16.0. The van der Waals surface area contributed by atoms with Gasteiger partial charge in [-0.1, -0.05) is 0 Å². The van der Waals surface area contributed by atoms with Crippen LogP contribution in [-0.4, -0.2) is 21.6 Å². The summed E-state index contributed by atoms with van der Waals surface area (Å²) in [5.74, 6) is 0.719. The molecule has 1 atom stereocenters.